The average molecular weight is 235 g/mol. The van der Waals surface area contributed by atoms with Crippen molar-refractivity contribution < 1.29 is 31.9 Å². The molecule has 3 nitrogen and oxygen atoms in total. The zero-order valence-corrected chi connectivity index (χ0v) is 7.76. The Morgan fingerprint density at radius 2 is 1.87 bits per heavy atom. The van der Waals surface area contributed by atoms with E-state index in [2.05, 4.69) is 0 Å². The standard InChI is InChI=1S/C7H10F5NO2/c1-13(3-5(8)9)4(2-6(14)15)7(10,11)12/h4-5H,2-3H2,1H3,(H,14,15). The maximum atomic E-state index is 12.2. The van der Waals surface area contributed by atoms with Crippen LogP contribution >= 0.6 is 0 Å². The van der Waals surface area contributed by atoms with Crippen LogP contribution in [-0.4, -0.2) is 48.2 Å². The number of alkyl halides is 5. The molecule has 0 aliphatic carbocycles. The number of rotatable bonds is 5. The molecular formula is C7H10F5NO2. The molecule has 0 spiro atoms. The van der Waals surface area contributed by atoms with Gasteiger partial charge in [0.15, 0.2) is 0 Å². The molecule has 0 heterocycles. The molecule has 0 amide bonds. The molecule has 0 aliphatic rings. The number of carboxylic acids is 1. The number of aliphatic carboxylic acids is 1. The maximum Gasteiger partial charge on any atom is 0.404 e. The van der Waals surface area contributed by atoms with E-state index >= 15 is 0 Å². The zero-order chi connectivity index (χ0) is 12.2. The van der Waals surface area contributed by atoms with Crippen molar-refractivity contribution in [3.8, 4) is 0 Å². The number of carboxylic acid groups (broad SMARTS) is 1. The molecule has 1 N–H and O–H groups in total. The van der Waals surface area contributed by atoms with Gasteiger partial charge in [0.2, 0.25) is 0 Å². The second-order valence-electron chi connectivity index (χ2n) is 2.99. The third-order valence-electron chi connectivity index (χ3n) is 1.70. The third kappa shape index (κ3) is 5.50. The molecule has 90 valence electrons. The predicted molar refractivity (Wildman–Crippen MR) is 40.7 cm³/mol. The van der Waals surface area contributed by atoms with Gasteiger partial charge in [0.1, 0.15) is 6.04 Å². The molecule has 0 saturated carbocycles. The van der Waals surface area contributed by atoms with Gasteiger partial charge >= 0.3 is 12.1 Å². The second kappa shape index (κ2) is 5.24. The molecule has 0 aliphatic heterocycles. The molecule has 0 rings (SSSR count). The van der Waals surface area contributed by atoms with Crippen molar-refractivity contribution in [2.75, 3.05) is 13.6 Å². The van der Waals surface area contributed by atoms with Gasteiger partial charge in [-0.15, -0.1) is 0 Å². The first kappa shape index (κ1) is 14.1. The molecule has 0 aromatic heterocycles. The van der Waals surface area contributed by atoms with Crippen LogP contribution in [0.1, 0.15) is 6.42 Å². The van der Waals surface area contributed by atoms with Crippen molar-refractivity contribution in [2.24, 2.45) is 0 Å². The fourth-order valence-electron chi connectivity index (χ4n) is 1.03. The second-order valence-corrected chi connectivity index (χ2v) is 2.99. The van der Waals surface area contributed by atoms with Gasteiger partial charge in [0.25, 0.3) is 6.43 Å². The van der Waals surface area contributed by atoms with E-state index in [9.17, 15) is 26.7 Å². The fraction of sp³-hybridized carbons (Fsp3) is 0.857. The van der Waals surface area contributed by atoms with Gasteiger partial charge in [-0.25, -0.2) is 8.78 Å². The maximum absolute atomic E-state index is 12.2. The first-order valence-electron chi connectivity index (χ1n) is 3.91. The predicted octanol–water partition coefficient (Wildman–Crippen LogP) is 1.59. The summed E-state index contributed by atoms with van der Waals surface area (Å²) in [5.41, 5.74) is 0. The third-order valence-corrected chi connectivity index (χ3v) is 1.70. The van der Waals surface area contributed by atoms with E-state index in [1.807, 2.05) is 0 Å². The van der Waals surface area contributed by atoms with Crippen LogP contribution in [0.4, 0.5) is 22.0 Å². The lowest BCUT2D eigenvalue weighted by atomic mass is 10.2. The van der Waals surface area contributed by atoms with Crippen LogP contribution in [-0.2, 0) is 4.79 Å². The molecule has 0 saturated heterocycles. The molecule has 15 heavy (non-hydrogen) atoms. The molecule has 8 heteroatoms. The smallest absolute Gasteiger partial charge is 0.404 e. The van der Waals surface area contributed by atoms with Crippen molar-refractivity contribution in [1.29, 1.82) is 0 Å². The molecule has 0 aromatic carbocycles. The average Bonchev–Trinajstić information content (AvgIpc) is 1.95. The lowest BCUT2D eigenvalue weighted by Gasteiger charge is -2.28. The van der Waals surface area contributed by atoms with Crippen LogP contribution in [0.5, 0.6) is 0 Å². The van der Waals surface area contributed by atoms with E-state index in [1.54, 1.807) is 0 Å². The highest BCUT2D eigenvalue weighted by atomic mass is 19.4. The minimum Gasteiger partial charge on any atom is -0.481 e. The Morgan fingerprint density at radius 3 is 2.13 bits per heavy atom. The minimum atomic E-state index is -4.83. The van der Waals surface area contributed by atoms with Crippen LogP contribution in [0.25, 0.3) is 0 Å². The number of halogens is 5. The summed E-state index contributed by atoms with van der Waals surface area (Å²) in [5, 5.41) is 8.22. The van der Waals surface area contributed by atoms with Crippen LogP contribution in [0.2, 0.25) is 0 Å². The quantitative estimate of drug-likeness (QED) is 0.735. The Balaban J connectivity index is 4.55. The van der Waals surface area contributed by atoms with Gasteiger partial charge in [-0.05, 0) is 7.05 Å². The summed E-state index contributed by atoms with van der Waals surface area (Å²) in [6, 6.07) is -2.39. The van der Waals surface area contributed by atoms with Gasteiger partial charge < -0.3 is 5.11 Å². The Bertz CT molecular complexity index is 218. The number of hydrogen-bond donors (Lipinski definition) is 1. The number of hydrogen-bond acceptors (Lipinski definition) is 2. The summed E-state index contributed by atoms with van der Waals surface area (Å²) < 4.78 is 60.3. The Labute approximate surface area is 82.5 Å². The van der Waals surface area contributed by atoms with E-state index in [4.69, 9.17) is 5.11 Å². The molecule has 0 aromatic rings. The Hall–Kier alpha value is -0.920. The van der Waals surface area contributed by atoms with E-state index in [1.165, 1.54) is 0 Å². The minimum absolute atomic E-state index is 0.290. The lowest BCUT2D eigenvalue weighted by molar-refractivity contribution is -0.190. The molecule has 0 fully saturated rings. The van der Waals surface area contributed by atoms with E-state index < -0.39 is 37.6 Å². The summed E-state index contributed by atoms with van der Waals surface area (Å²) in [6.45, 7) is -1.11. The summed E-state index contributed by atoms with van der Waals surface area (Å²) in [5.74, 6) is -1.68. The van der Waals surface area contributed by atoms with Crippen LogP contribution in [0, 0.1) is 0 Å². The Morgan fingerprint density at radius 1 is 1.40 bits per heavy atom. The van der Waals surface area contributed by atoms with Gasteiger partial charge in [-0.1, -0.05) is 0 Å². The highest BCUT2D eigenvalue weighted by molar-refractivity contribution is 5.67. The van der Waals surface area contributed by atoms with Crippen molar-refractivity contribution >= 4 is 5.97 Å². The normalized spacial score (nSPS) is 14.7. The van der Waals surface area contributed by atoms with Crippen LogP contribution in [0.3, 0.4) is 0 Å². The Kier molecular flexibility index (Phi) is 4.92. The van der Waals surface area contributed by atoms with E-state index in [0.29, 0.717) is 4.90 Å². The van der Waals surface area contributed by atoms with Crippen molar-refractivity contribution in [3.63, 3.8) is 0 Å². The van der Waals surface area contributed by atoms with Crippen molar-refractivity contribution in [2.45, 2.75) is 25.1 Å². The molecule has 1 unspecified atom stereocenters. The largest absolute Gasteiger partial charge is 0.481 e. The highest BCUT2D eigenvalue weighted by Crippen LogP contribution is 2.26. The van der Waals surface area contributed by atoms with Gasteiger partial charge in [-0.2, -0.15) is 13.2 Å². The lowest BCUT2D eigenvalue weighted by Crippen LogP contribution is -2.46. The van der Waals surface area contributed by atoms with E-state index in [0.717, 1.165) is 7.05 Å². The monoisotopic (exact) mass is 235 g/mol. The van der Waals surface area contributed by atoms with E-state index in [-0.39, 0.29) is 0 Å². The zero-order valence-electron chi connectivity index (χ0n) is 7.76. The molecular weight excluding hydrogens is 225 g/mol. The van der Waals surface area contributed by atoms with Crippen LogP contribution in [0.15, 0.2) is 0 Å². The molecule has 1 atom stereocenters. The van der Waals surface area contributed by atoms with Gasteiger partial charge in [0.05, 0.1) is 13.0 Å². The number of carbonyl (C=O) groups is 1. The summed E-state index contributed by atoms with van der Waals surface area (Å²) in [7, 11) is 0.813. The van der Waals surface area contributed by atoms with Gasteiger partial charge in [-0.3, -0.25) is 9.69 Å². The topological polar surface area (TPSA) is 40.5 Å². The van der Waals surface area contributed by atoms with Crippen molar-refractivity contribution in [3.05, 3.63) is 0 Å². The molecule has 0 radical (unpaired) electrons. The first-order chi connectivity index (χ1) is 6.64. The summed E-state index contributed by atoms with van der Waals surface area (Å²) >= 11 is 0. The molecule has 0 bridgehead atoms. The number of nitrogens with zero attached hydrogens (tertiary/aromatic N) is 1. The van der Waals surface area contributed by atoms with Gasteiger partial charge in [0, 0.05) is 0 Å². The fourth-order valence-corrected chi connectivity index (χ4v) is 1.03. The highest BCUT2D eigenvalue weighted by Gasteiger charge is 2.44. The summed E-state index contributed by atoms with van der Waals surface area (Å²) in [6.07, 6.45) is -9.01. The van der Waals surface area contributed by atoms with Crippen LogP contribution < -0.4 is 0 Å². The first-order valence-corrected chi connectivity index (χ1v) is 3.91. The SMILES string of the molecule is CN(CC(F)F)C(CC(=O)O)C(F)(F)F. The van der Waals surface area contributed by atoms with Crippen molar-refractivity contribution in [1.82, 2.24) is 4.90 Å². The summed E-state index contributed by atoms with van der Waals surface area (Å²) in [4.78, 5) is 10.4.